The molecule has 1 aromatic carbocycles. The Morgan fingerprint density at radius 3 is 2.91 bits per heavy atom. The summed E-state index contributed by atoms with van der Waals surface area (Å²) >= 11 is 0. The number of methoxy groups -OCH3 is 1. The van der Waals surface area contributed by atoms with Gasteiger partial charge in [0.15, 0.2) is 0 Å². The molecule has 0 aliphatic carbocycles. The summed E-state index contributed by atoms with van der Waals surface area (Å²) in [5.74, 6) is 0.783. The Morgan fingerprint density at radius 1 is 1.32 bits per heavy atom. The summed E-state index contributed by atoms with van der Waals surface area (Å²) in [5.41, 5.74) is 0.766. The van der Waals surface area contributed by atoms with Crippen LogP contribution in [-0.2, 0) is 4.74 Å². The second kappa shape index (κ2) is 6.26. The van der Waals surface area contributed by atoms with E-state index in [4.69, 9.17) is 9.47 Å². The molecule has 0 N–H and O–H groups in total. The number of hydrogen-bond acceptors (Lipinski definition) is 4. The maximum absolute atomic E-state index is 12.8. The van der Waals surface area contributed by atoms with E-state index in [0.29, 0.717) is 24.5 Å². The summed E-state index contributed by atoms with van der Waals surface area (Å²) in [7, 11) is 3.75. The van der Waals surface area contributed by atoms with E-state index in [1.807, 2.05) is 29.2 Å². The SMILES string of the molecule is COc1cccc(C(=O)N2CCOCC3(CCN(C)C3)C2)c1. The lowest BCUT2D eigenvalue weighted by atomic mass is 9.87. The third-order valence-electron chi connectivity index (χ3n) is 4.67. The number of benzene rings is 1. The van der Waals surface area contributed by atoms with E-state index in [1.165, 1.54) is 0 Å². The highest BCUT2D eigenvalue weighted by Gasteiger charge is 2.41. The molecule has 0 radical (unpaired) electrons. The maximum atomic E-state index is 12.8. The Kier molecular flexibility index (Phi) is 4.36. The van der Waals surface area contributed by atoms with Gasteiger partial charge in [0.05, 0.1) is 20.3 Å². The quantitative estimate of drug-likeness (QED) is 0.830. The van der Waals surface area contributed by atoms with Gasteiger partial charge in [0.25, 0.3) is 5.91 Å². The van der Waals surface area contributed by atoms with Crippen molar-refractivity contribution in [2.45, 2.75) is 6.42 Å². The number of ether oxygens (including phenoxy) is 2. The van der Waals surface area contributed by atoms with Crippen LogP contribution in [0.5, 0.6) is 5.75 Å². The van der Waals surface area contributed by atoms with Crippen LogP contribution in [0.3, 0.4) is 0 Å². The molecule has 0 saturated carbocycles. The van der Waals surface area contributed by atoms with Crippen molar-refractivity contribution >= 4 is 5.91 Å². The molecule has 2 heterocycles. The summed E-state index contributed by atoms with van der Waals surface area (Å²) in [6.45, 7) is 4.86. The van der Waals surface area contributed by atoms with Crippen molar-refractivity contribution in [3.8, 4) is 5.75 Å². The molecule has 1 amide bonds. The first-order chi connectivity index (χ1) is 10.6. The average molecular weight is 304 g/mol. The number of amides is 1. The first-order valence-electron chi connectivity index (χ1n) is 7.82. The van der Waals surface area contributed by atoms with Crippen molar-refractivity contribution < 1.29 is 14.3 Å². The second-order valence-corrected chi connectivity index (χ2v) is 6.50. The zero-order valence-electron chi connectivity index (χ0n) is 13.4. The van der Waals surface area contributed by atoms with Crippen LogP contribution in [0, 0.1) is 5.41 Å². The second-order valence-electron chi connectivity index (χ2n) is 6.50. The average Bonchev–Trinajstić information content (AvgIpc) is 2.77. The van der Waals surface area contributed by atoms with E-state index in [0.717, 1.165) is 32.7 Å². The molecule has 0 bridgehead atoms. The summed E-state index contributed by atoms with van der Waals surface area (Å²) in [6.07, 6.45) is 1.09. The number of hydrogen-bond donors (Lipinski definition) is 0. The van der Waals surface area contributed by atoms with Gasteiger partial charge in [-0.05, 0) is 38.2 Å². The third kappa shape index (κ3) is 3.10. The molecule has 22 heavy (non-hydrogen) atoms. The zero-order valence-corrected chi connectivity index (χ0v) is 13.4. The summed E-state index contributed by atoms with van der Waals surface area (Å²) in [4.78, 5) is 17.1. The molecule has 2 aliphatic heterocycles. The summed E-state index contributed by atoms with van der Waals surface area (Å²) in [5, 5.41) is 0. The van der Waals surface area contributed by atoms with Crippen molar-refractivity contribution in [2.75, 3.05) is 53.6 Å². The molecule has 2 fully saturated rings. The van der Waals surface area contributed by atoms with E-state index in [9.17, 15) is 4.79 Å². The molecule has 120 valence electrons. The monoisotopic (exact) mass is 304 g/mol. The molecule has 3 rings (SSSR count). The minimum atomic E-state index is 0.0679. The molecule has 2 saturated heterocycles. The highest BCUT2D eigenvalue weighted by Crippen LogP contribution is 2.33. The van der Waals surface area contributed by atoms with Gasteiger partial charge in [0.2, 0.25) is 0 Å². The third-order valence-corrected chi connectivity index (χ3v) is 4.67. The van der Waals surface area contributed by atoms with Crippen molar-refractivity contribution in [3.63, 3.8) is 0 Å². The van der Waals surface area contributed by atoms with Gasteiger partial charge in [0.1, 0.15) is 5.75 Å². The first-order valence-corrected chi connectivity index (χ1v) is 7.82. The van der Waals surface area contributed by atoms with E-state index in [-0.39, 0.29) is 11.3 Å². The Hall–Kier alpha value is -1.59. The van der Waals surface area contributed by atoms with E-state index >= 15 is 0 Å². The fraction of sp³-hybridized carbons (Fsp3) is 0.588. The lowest BCUT2D eigenvalue weighted by Gasteiger charge is -2.31. The Balaban J connectivity index is 1.78. The van der Waals surface area contributed by atoms with Crippen LogP contribution in [0.2, 0.25) is 0 Å². The Labute approximate surface area is 131 Å². The molecular weight excluding hydrogens is 280 g/mol. The van der Waals surface area contributed by atoms with E-state index < -0.39 is 0 Å². The van der Waals surface area contributed by atoms with Crippen molar-refractivity contribution in [1.29, 1.82) is 0 Å². The molecular formula is C17H24N2O3. The van der Waals surface area contributed by atoms with Crippen molar-refractivity contribution in [3.05, 3.63) is 29.8 Å². The molecule has 0 aromatic heterocycles. The lowest BCUT2D eigenvalue weighted by Crippen LogP contribution is -2.43. The van der Waals surface area contributed by atoms with Crippen LogP contribution in [0.4, 0.5) is 0 Å². The molecule has 2 aliphatic rings. The predicted octanol–water partition coefficient (Wildman–Crippen LogP) is 1.49. The predicted molar refractivity (Wildman–Crippen MR) is 84.3 cm³/mol. The maximum Gasteiger partial charge on any atom is 0.254 e. The topological polar surface area (TPSA) is 42.0 Å². The van der Waals surface area contributed by atoms with Crippen LogP contribution in [-0.4, -0.2) is 69.3 Å². The van der Waals surface area contributed by atoms with Crippen LogP contribution in [0.25, 0.3) is 0 Å². The highest BCUT2D eigenvalue weighted by molar-refractivity contribution is 5.94. The standard InChI is InChI=1S/C17H24N2O3/c1-18-7-6-17(11-18)12-19(8-9-22-13-17)16(20)14-4-3-5-15(10-14)21-2/h3-5,10H,6-9,11-13H2,1-2H3. The molecule has 5 heteroatoms. The van der Waals surface area contributed by atoms with Gasteiger partial charge in [-0.1, -0.05) is 6.07 Å². The fourth-order valence-corrected chi connectivity index (χ4v) is 3.51. The van der Waals surface area contributed by atoms with Crippen molar-refractivity contribution in [1.82, 2.24) is 9.80 Å². The number of carbonyl (C=O) groups excluding carboxylic acids is 1. The van der Waals surface area contributed by atoms with E-state index in [1.54, 1.807) is 7.11 Å². The number of rotatable bonds is 2. The van der Waals surface area contributed by atoms with Gasteiger partial charge in [-0.15, -0.1) is 0 Å². The van der Waals surface area contributed by atoms with Crippen LogP contribution < -0.4 is 4.74 Å². The van der Waals surface area contributed by atoms with Crippen molar-refractivity contribution in [2.24, 2.45) is 5.41 Å². The minimum Gasteiger partial charge on any atom is -0.497 e. The summed E-state index contributed by atoms with van der Waals surface area (Å²) in [6, 6.07) is 7.38. The molecule has 1 spiro atoms. The fourth-order valence-electron chi connectivity index (χ4n) is 3.51. The van der Waals surface area contributed by atoms with Crippen LogP contribution >= 0.6 is 0 Å². The zero-order chi connectivity index (χ0) is 15.6. The van der Waals surface area contributed by atoms with Gasteiger partial charge in [-0.3, -0.25) is 4.79 Å². The van der Waals surface area contributed by atoms with Gasteiger partial charge >= 0.3 is 0 Å². The van der Waals surface area contributed by atoms with Gasteiger partial charge in [-0.2, -0.15) is 0 Å². The normalized spacial score (nSPS) is 26.2. The van der Waals surface area contributed by atoms with Gasteiger partial charge in [0, 0.05) is 30.6 Å². The molecule has 5 nitrogen and oxygen atoms in total. The molecule has 1 unspecified atom stereocenters. The number of likely N-dealkylation sites (tertiary alicyclic amines) is 1. The van der Waals surface area contributed by atoms with Gasteiger partial charge < -0.3 is 19.3 Å². The number of carbonyl (C=O) groups is 1. The van der Waals surface area contributed by atoms with Gasteiger partial charge in [-0.25, -0.2) is 0 Å². The summed E-state index contributed by atoms with van der Waals surface area (Å²) < 4.78 is 11.0. The smallest absolute Gasteiger partial charge is 0.254 e. The minimum absolute atomic E-state index is 0.0679. The van der Waals surface area contributed by atoms with E-state index in [2.05, 4.69) is 11.9 Å². The Morgan fingerprint density at radius 2 is 2.18 bits per heavy atom. The number of nitrogens with zero attached hydrogens (tertiary/aromatic N) is 2. The Bertz CT molecular complexity index is 548. The molecule has 1 atom stereocenters. The molecule has 1 aromatic rings. The van der Waals surface area contributed by atoms with Crippen LogP contribution in [0.1, 0.15) is 16.8 Å². The van der Waals surface area contributed by atoms with Crippen LogP contribution in [0.15, 0.2) is 24.3 Å². The largest absolute Gasteiger partial charge is 0.497 e. The highest BCUT2D eigenvalue weighted by atomic mass is 16.5. The first kappa shape index (κ1) is 15.3. The lowest BCUT2D eigenvalue weighted by molar-refractivity contribution is 0.0658.